The maximum atomic E-state index is 12.2. The van der Waals surface area contributed by atoms with E-state index in [0.29, 0.717) is 23.8 Å². The van der Waals surface area contributed by atoms with Crippen LogP contribution in [0.5, 0.6) is 0 Å². The Morgan fingerprint density at radius 1 is 1.04 bits per heavy atom. The number of rotatable bonds is 5. The van der Waals surface area contributed by atoms with Gasteiger partial charge in [-0.2, -0.15) is 5.10 Å². The molecule has 0 saturated carbocycles. The van der Waals surface area contributed by atoms with Crippen molar-refractivity contribution in [2.24, 2.45) is 0 Å². The molecule has 0 saturated heterocycles. The van der Waals surface area contributed by atoms with Crippen LogP contribution in [0.2, 0.25) is 0 Å². The Bertz CT molecular complexity index is 1030. The van der Waals surface area contributed by atoms with Crippen LogP contribution in [0.3, 0.4) is 0 Å². The number of hydrogen-bond acceptors (Lipinski definition) is 5. The lowest BCUT2D eigenvalue weighted by atomic mass is 10.2. The Labute approximate surface area is 154 Å². The number of benzene rings is 2. The predicted molar refractivity (Wildman–Crippen MR) is 100 cm³/mol. The largest absolute Gasteiger partial charge is 0.423 e. The summed E-state index contributed by atoms with van der Waals surface area (Å²) < 4.78 is 6.93. The standard InChI is InChI=1S/C19H16N6O2/c26-19(22-16-8-4-7-15(9-16)18-24-20-13-27-18)23-17-10-21-25(12-17)11-14-5-2-1-3-6-14/h1-10,12-13H,11H2,(H2,22,23,26). The minimum absolute atomic E-state index is 0.364. The lowest BCUT2D eigenvalue weighted by Gasteiger charge is -2.06. The maximum absolute atomic E-state index is 12.2. The average molecular weight is 360 g/mol. The third-order valence-electron chi connectivity index (χ3n) is 3.81. The van der Waals surface area contributed by atoms with E-state index in [9.17, 15) is 4.79 Å². The number of aromatic nitrogens is 4. The average Bonchev–Trinajstić information content (AvgIpc) is 3.35. The summed E-state index contributed by atoms with van der Waals surface area (Å²) in [5.74, 6) is 0.390. The van der Waals surface area contributed by atoms with Crippen molar-refractivity contribution in [2.75, 3.05) is 10.6 Å². The van der Waals surface area contributed by atoms with E-state index in [4.69, 9.17) is 4.42 Å². The second-order valence-corrected chi connectivity index (χ2v) is 5.82. The summed E-state index contributed by atoms with van der Waals surface area (Å²) in [5.41, 5.74) is 3.08. The van der Waals surface area contributed by atoms with Crippen molar-refractivity contribution in [2.45, 2.75) is 6.54 Å². The SMILES string of the molecule is O=C(Nc1cccc(-c2nnco2)c1)Nc1cnn(Cc2ccccc2)c1. The van der Waals surface area contributed by atoms with Crippen molar-refractivity contribution in [1.82, 2.24) is 20.0 Å². The van der Waals surface area contributed by atoms with Gasteiger partial charge in [-0.05, 0) is 23.8 Å². The molecule has 8 heteroatoms. The molecule has 0 aliphatic heterocycles. The van der Waals surface area contributed by atoms with Gasteiger partial charge in [0, 0.05) is 17.4 Å². The van der Waals surface area contributed by atoms with Gasteiger partial charge in [-0.15, -0.1) is 10.2 Å². The summed E-state index contributed by atoms with van der Waals surface area (Å²) >= 11 is 0. The van der Waals surface area contributed by atoms with Crippen molar-refractivity contribution in [1.29, 1.82) is 0 Å². The van der Waals surface area contributed by atoms with Gasteiger partial charge in [-0.25, -0.2) is 4.79 Å². The molecule has 0 aliphatic carbocycles. The third-order valence-corrected chi connectivity index (χ3v) is 3.81. The molecule has 0 bridgehead atoms. The van der Waals surface area contributed by atoms with Crippen LogP contribution in [-0.4, -0.2) is 26.0 Å². The molecule has 27 heavy (non-hydrogen) atoms. The molecule has 0 fully saturated rings. The number of amides is 2. The number of hydrogen-bond donors (Lipinski definition) is 2. The lowest BCUT2D eigenvalue weighted by molar-refractivity contribution is 0.262. The van der Waals surface area contributed by atoms with Crippen LogP contribution in [0.25, 0.3) is 11.5 Å². The van der Waals surface area contributed by atoms with Gasteiger partial charge in [0.1, 0.15) is 0 Å². The molecule has 2 aromatic heterocycles. The minimum atomic E-state index is -0.364. The quantitative estimate of drug-likeness (QED) is 0.566. The molecule has 2 amide bonds. The molecular formula is C19H16N6O2. The second-order valence-electron chi connectivity index (χ2n) is 5.82. The van der Waals surface area contributed by atoms with Crippen LogP contribution < -0.4 is 10.6 Å². The highest BCUT2D eigenvalue weighted by atomic mass is 16.4. The maximum Gasteiger partial charge on any atom is 0.323 e. The first-order valence-corrected chi connectivity index (χ1v) is 8.27. The summed E-state index contributed by atoms with van der Waals surface area (Å²) in [6, 6.07) is 16.8. The zero-order valence-corrected chi connectivity index (χ0v) is 14.2. The monoisotopic (exact) mass is 360 g/mol. The second kappa shape index (κ2) is 7.52. The number of nitrogens with one attached hydrogen (secondary N) is 2. The fraction of sp³-hybridized carbons (Fsp3) is 0.0526. The van der Waals surface area contributed by atoms with Gasteiger partial charge < -0.3 is 15.1 Å². The number of urea groups is 1. The van der Waals surface area contributed by atoms with Crippen molar-refractivity contribution in [3.8, 4) is 11.5 Å². The Morgan fingerprint density at radius 2 is 1.89 bits per heavy atom. The van der Waals surface area contributed by atoms with Gasteiger partial charge in [0.05, 0.1) is 18.4 Å². The third kappa shape index (κ3) is 4.18. The molecule has 2 N–H and O–H groups in total. The van der Waals surface area contributed by atoms with Gasteiger partial charge in [0.25, 0.3) is 0 Å². The molecule has 2 aromatic carbocycles. The molecule has 0 atom stereocenters. The predicted octanol–water partition coefficient (Wildman–Crippen LogP) is 3.63. The first-order chi connectivity index (χ1) is 13.3. The molecule has 4 rings (SSSR count). The highest BCUT2D eigenvalue weighted by Gasteiger charge is 2.08. The first kappa shape index (κ1) is 16.5. The summed E-state index contributed by atoms with van der Waals surface area (Å²) in [6.45, 7) is 0.635. The van der Waals surface area contributed by atoms with Crippen LogP contribution in [0, 0.1) is 0 Å². The summed E-state index contributed by atoms with van der Waals surface area (Å²) in [4.78, 5) is 12.2. The zero-order chi connectivity index (χ0) is 18.5. The normalized spacial score (nSPS) is 10.5. The van der Waals surface area contributed by atoms with E-state index in [-0.39, 0.29) is 6.03 Å². The number of carbonyl (C=O) groups excluding carboxylic acids is 1. The Balaban J connectivity index is 1.38. The van der Waals surface area contributed by atoms with E-state index < -0.39 is 0 Å². The van der Waals surface area contributed by atoms with E-state index in [2.05, 4.69) is 25.9 Å². The summed E-state index contributed by atoms with van der Waals surface area (Å²) in [6.07, 6.45) is 4.65. The highest BCUT2D eigenvalue weighted by Crippen LogP contribution is 2.20. The summed E-state index contributed by atoms with van der Waals surface area (Å²) in [7, 11) is 0. The highest BCUT2D eigenvalue weighted by molar-refractivity contribution is 5.99. The van der Waals surface area contributed by atoms with Gasteiger partial charge >= 0.3 is 6.03 Å². The van der Waals surface area contributed by atoms with Gasteiger partial charge in [0.15, 0.2) is 0 Å². The Hall–Kier alpha value is -3.94. The van der Waals surface area contributed by atoms with Crippen LogP contribution >= 0.6 is 0 Å². The lowest BCUT2D eigenvalue weighted by Crippen LogP contribution is -2.19. The molecule has 134 valence electrons. The van der Waals surface area contributed by atoms with E-state index in [1.165, 1.54) is 6.39 Å². The number of nitrogens with zero attached hydrogens (tertiary/aromatic N) is 4. The van der Waals surface area contributed by atoms with Crippen molar-refractivity contribution in [3.63, 3.8) is 0 Å². The van der Waals surface area contributed by atoms with E-state index >= 15 is 0 Å². The van der Waals surface area contributed by atoms with Gasteiger partial charge in [0.2, 0.25) is 12.3 Å². The molecule has 0 radical (unpaired) electrons. The van der Waals surface area contributed by atoms with Gasteiger partial charge in [-0.1, -0.05) is 36.4 Å². The smallest absolute Gasteiger partial charge is 0.323 e. The Morgan fingerprint density at radius 3 is 2.70 bits per heavy atom. The molecular weight excluding hydrogens is 344 g/mol. The molecule has 0 spiro atoms. The molecule has 0 unspecified atom stereocenters. The molecule has 2 heterocycles. The zero-order valence-electron chi connectivity index (χ0n) is 14.2. The molecule has 4 aromatic rings. The molecule has 8 nitrogen and oxygen atoms in total. The van der Waals surface area contributed by atoms with Crippen molar-refractivity contribution in [3.05, 3.63) is 78.9 Å². The van der Waals surface area contributed by atoms with E-state index in [0.717, 1.165) is 11.1 Å². The van der Waals surface area contributed by atoms with Crippen LogP contribution in [0.15, 0.2) is 77.8 Å². The fourth-order valence-electron chi connectivity index (χ4n) is 2.61. The van der Waals surface area contributed by atoms with E-state index in [1.807, 2.05) is 36.4 Å². The van der Waals surface area contributed by atoms with Gasteiger partial charge in [-0.3, -0.25) is 4.68 Å². The van der Waals surface area contributed by atoms with Crippen molar-refractivity contribution < 1.29 is 9.21 Å². The number of carbonyl (C=O) groups is 1. The molecule has 0 aliphatic rings. The van der Waals surface area contributed by atoms with Crippen LogP contribution in [0.1, 0.15) is 5.56 Å². The topological polar surface area (TPSA) is 97.9 Å². The van der Waals surface area contributed by atoms with Crippen molar-refractivity contribution >= 4 is 17.4 Å². The summed E-state index contributed by atoms with van der Waals surface area (Å²) in [5, 5.41) is 17.3. The first-order valence-electron chi connectivity index (χ1n) is 8.27. The Kier molecular flexibility index (Phi) is 4.60. The van der Waals surface area contributed by atoms with Crippen LogP contribution in [-0.2, 0) is 6.54 Å². The van der Waals surface area contributed by atoms with Crippen LogP contribution in [0.4, 0.5) is 16.2 Å². The van der Waals surface area contributed by atoms with E-state index in [1.54, 1.807) is 35.3 Å². The fourth-order valence-corrected chi connectivity index (χ4v) is 2.61. The minimum Gasteiger partial charge on any atom is -0.423 e. The number of anilines is 2.